The first-order valence-corrected chi connectivity index (χ1v) is 8.99. The Morgan fingerprint density at radius 3 is 2.52 bits per heavy atom. The lowest BCUT2D eigenvalue weighted by atomic mass is 10.1. The predicted octanol–water partition coefficient (Wildman–Crippen LogP) is 6.12. The minimum Gasteiger partial charge on any atom is -0.339 e. The van der Waals surface area contributed by atoms with Gasteiger partial charge in [-0.2, -0.15) is 0 Å². The van der Waals surface area contributed by atoms with Crippen LogP contribution in [0, 0.1) is 13.8 Å². The lowest BCUT2D eigenvalue weighted by molar-refractivity contribution is 1.09. The Kier molecular flexibility index (Phi) is 4.06. The second kappa shape index (κ2) is 6.37. The van der Waals surface area contributed by atoms with E-state index in [1.54, 1.807) is 0 Å². The van der Waals surface area contributed by atoms with E-state index in [-0.39, 0.29) is 0 Å². The molecule has 0 amide bonds. The average Bonchev–Trinajstić information content (AvgIpc) is 2.97. The van der Waals surface area contributed by atoms with E-state index >= 15 is 0 Å². The second-order valence-corrected chi connectivity index (χ2v) is 7.04. The fraction of sp³-hybridized carbons (Fsp3) is 0.0952. The highest BCUT2D eigenvalue weighted by atomic mass is 79.9. The number of hydrogen-bond donors (Lipinski definition) is 1. The first-order valence-electron chi connectivity index (χ1n) is 8.20. The number of para-hydroxylation sites is 1. The topological polar surface area (TPSA) is 29.3 Å². The Hall–Kier alpha value is -2.59. The molecule has 2 aromatic heterocycles. The quantitative estimate of drug-likeness (QED) is 0.455. The average molecular weight is 392 g/mol. The van der Waals surface area contributed by atoms with E-state index in [0.717, 1.165) is 38.6 Å². The van der Waals surface area contributed by atoms with E-state index in [9.17, 15) is 0 Å². The summed E-state index contributed by atoms with van der Waals surface area (Å²) in [5, 5.41) is 3.61. The van der Waals surface area contributed by atoms with Gasteiger partial charge < -0.3 is 5.32 Å². The van der Waals surface area contributed by atoms with Crippen LogP contribution in [0.15, 0.2) is 71.2 Å². The molecule has 0 bridgehead atoms. The van der Waals surface area contributed by atoms with Gasteiger partial charge in [0, 0.05) is 21.4 Å². The number of halogens is 1. The zero-order valence-corrected chi connectivity index (χ0v) is 15.7. The summed E-state index contributed by atoms with van der Waals surface area (Å²) in [6.45, 7) is 4.21. The standard InChI is InChI=1S/C21H18BrN3/c1-14-7-3-4-11-18(14)23-21-20(16-9-6-10-17(22)13-16)24-19-12-5-8-15(2)25(19)21/h3-13,23H,1-2H3. The molecule has 4 heteroatoms. The number of anilines is 2. The Balaban J connectivity index is 1.97. The maximum Gasteiger partial charge on any atom is 0.143 e. The van der Waals surface area contributed by atoms with Gasteiger partial charge in [0.25, 0.3) is 0 Å². The maximum absolute atomic E-state index is 4.89. The van der Waals surface area contributed by atoms with Crippen LogP contribution in [-0.4, -0.2) is 9.38 Å². The van der Waals surface area contributed by atoms with Crippen molar-refractivity contribution in [3.8, 4) is 11.3 Å². The van der Waals surface area contributed by atoms with Crippen molar-refractivity contribution >= 4 is 33.1 Å². The monoisotopic (exact) mass is 391 g/mol. The molecule has 2 heterocycles. The van der Waals surface area contributed by atoms with Crippen molar-refractivity contribution in [2.24, 2.45) is 0 Å². The van der Waals surface area contributed by atoms with Gasteiger partial charge in [-0.05, 0) is 49.7 Å². The van der Waals surface area contributed by atoms with Crippen molar-refractivity contribution in [1.29, 1.82) is 0 Å². The smallest absolute Gasteiger partial charge is 0.143 e. The van der Waals surface area contributed by atoms with Crippen LogP contribution in [0.25, 0.3) is 16.9 Å². The number of fused-ring (bicyclic) bond motifs is 1. The summed E-state index contributed by atoms with van der Waals surface area (Å²) in [6, 6.07) is 22.7. The summed E-state index contributed by atoms with van der Waals surface area (Å²) in [7, 11) is 0. The molecule has 3 nitrogen and oxygen atoms in total. The lowest BCUT2D eigenvalue weighted by Crippen LogP contribution is -2.00. The number of aryl methyl sites for hydroxylation is 2. The van der Waals surface area contributed by atoms with Crippen molar-refractivity contribution < 1.29 is 0 Å². The van der Waals surface area contributed by atoms with Crippen LogP contribution in [0.4, 0.5) is 11.5 Å². The summed E-state index contributed by atoms with van der Waals surface area (Å²) < 4.78 is 3.21. The maximum atomic E-state index is 4.89. The van der Waals surface area contributed by atoms with Crippen molar-refractivity contribution in [2.45, 2.75) is 13.8 Å². The molecule has 0 aliphatic heterocycles. The molecule has 0 radical (unpaired) electrons. The molecule has 0 spiro atoms. The summed E-state index contributed by atoms with van der Waals surface area (Å²) in [5.41, 5.74) is 6.39. The highest BCUT2D eigenvalue weighted by Crippen LogP contribution is 2.33. The molecule has 0 unspecified atom stereocenters. The number of benzene rings is 2. The van der Waals surface area contributed by atoms with E-state index in [1.165, 1.54) is 5.56 Å². The number of hydrogen-bond acceptors (Lipinski definition) is 2. The van der Waals surface area contributed by atoms with E-state index in [4.69, 9.17) is 4.98 Å². The van der Waals surface area contributed by atoms with Crippen LogP contribution >= 0.6 is 15.9 Å². The Morgan fingerprint density at radius 2 is 1.72 bits per heavy atom. The van der Waals surface area contributed by atoms with E-state index in [0.29, 0.717) is 0 Å². The van der Waals surface area contributed by atoms with E-state index in [1.807, 2.05) is 30.3 Å². The molecule has 0 saturated heterocycles. The number of rotatable bonds is 3. The van der Waals surface area contributed by atoms with Crippen molar-refractivity contribution in [3.05, 3.63) is 82.5 Å². The first-order chi connectivity index (χ1) is 12.1. The number of pyridine rings is 1. The molecule has 0 saturated carbocycles. The van der Waals surface area contributed by atoms with Crippen LogP contribution in [0.1, 0.15) is 11.3 Å². The van der Waals surface area contributed by atoms with Gasteiger partial charge in [-0.3, -0.25) is 4.40 Å². The molecule has 1 N–H and O–H groups in total. The van der Waals surface area contributed by atoms with Gasteiger partial charge >= 0.3 is 0 Å². The third kappa shape index (κ3) is 2.94. The molecular weight excluding hydrogens is 374 g/mol. The lowest BCUT2D eigenvalue weighted by Gasteiger charge is -2.12. The number of imidazole rings is 1. The largest absolute Gasteiger partial charge is 0.339 e. The molecule has 0 aliphatic carbocycles. The summed E-state index contributed by atoms with van der Waals surface area (Å²) in [5.74, 6) is 0.987. The summed E-state index contributed by atoms with van der Waals surface area (Å²) in [6.07, 6.45) is 0. The minimum absolute atomic E-state index is 0.936. The van der Waals surface area contributed by atoms with Crippen molar-refractivity contribution in [2.75, 3.05) is 5.32 Å². The van der Waals surface area contributed by atoms with Gasteiger partial charge in [-0.15, -0.1) is 0 Å². The highest BCUT2D eigenvalue weighted by molar-refractivity contribution is 9.10. The van der Waals surface area contributed by atoms with Crippen molar-refractivity contribution in [3.63, 3.8) is 0 Å². The van der Waals surface area contributed by atoms with Gasteiger partial charge in [0.2, 0.25) is 0 Å². The SMILES string of the molecule is Cc1ccccc1Nc1c(-c2cccc(Br)c2)nc2cccc(C)n12. The van der Waals surface area contributed by atoms with Gasteiger partial charge in [-0.25, -0.2) is 4.98 Å². The van der Waals surface area contributed by atoms with Gasteiger partial charge in [-0.1, -0.05) is 52.3 Å². The highest BCUT2D eigenvalue weighted by Gasteiger charge is 2.16. The van der Waals surface area contributed by atoms with E-state index < -0.39 is 0 Å². The van der Waals surface area contributed by atoms with Crippen molar-refractivity contribution in [1.82, 2.24) is 9.38 Å². The molecule has 25 heavy (non-hydrogen) atoms. The number of aromatic nitrogens is 2. The summed E-state index contributed by atoms with van der Waals surface area (Å²) >= 11 is 3.57. The van der Waals surface area contributed by atoms with Gasteiger partial charge in [0.05, 0.1) is 0 Å². The first kappa shape index (κ1) is 15.9. The van der Waals surface area contributed by atoms with Gasteiger partial charge in [0.15, 0.2) is 0 Å². The molecule has 0 aliphatic rings. The Labute approximate surface area is 155 Å². The molecule has 4 rings (SSSR count). The van der Waals surface area contributed by atoms with E-state index in [2.05, 4.69) is 75.9 Å². The zero-order chi connectivity index (χ0) is 17.4. The molecular formula is C21H18BrN3. The van der Waals surface area contributed by atoms with Gasteiger partial charge in [0.1, 0.15) is 17.2 Å². The normalized spacial score (nSPS) is 11.0. The second-order valence-electron chi connectivity index (χ2n) is 6.12. The zero-order valence-electron chi connectivity index (χ0n) is 14.1. The van der Waals surface area contributed by atoms with Crippen LogP contribution in [-0.2, 0) is 0 Å². The predicted molar refractivity (Wildman–Crippen MR) is 108 cm³/mol. The number of nitrogens with zero attached hydrogens (tertiary/aromatic N) is 2. The minimum atomic E-state index is 0.936. The van der Waals surface area contributed by atoms with Crippen LogP contribution in [0.2, 0.25) is 0 Å². The fourth-order valence-corrected chi connectivity index (χ4v) is 3.45. The Morgan fingerprint density at radius 1 is 0.920 bits per heavy atom. The van der Waals surface area contributed by atoms with Crippen LogP contribution in [0.5, 0.6) is 0 Å². The molecule has 124 valence electrons. The number of nitrogens with one attached hydrogen (secondary N) is 1. The molecule has 0 atom stereocenters. The fourth-order valence-electron chi connectivity index (χ4n) is 3.05. The molecule has 0 fully saturated rings. The summed E-state index contributed by atoms with van der Waals surface area (Å²) in [4.78, 5) is 4.89. The molecule has 4 aromatic rings. The van der Waals surface area contributed by atoms with Crippen LogP contribution < -0.4 is 5.32 Å². The Bertz CT molecular complexity index is 1070. The van der Waals surface area contributed by atoms with Crippen LogP contribution in [0.3, 0.4) is 0 Å². The third-order valence-corrected chi connectivity index (χ3v) is 4.83. The third-order valence-electron chi connectivity index (χ3n) is 4.33. The molecule has 2 aromatic carbocycles.